The average molecular weight is 350 g/mol. The molecule has 1 rings (SSSR count). The molecule has 13 heavy (non-hydrogen) atoms. The van der Waals surface area contributed by atoms with Crippen molar-refractivity contribution in [2.24, 2.45) is 0 Å². The van der Waals surface area contributed by atoms with Gasteiger partial charge in [0.05, 0.1) is 6.42 Å². The molecule has 0 atom stereocenters. The Morgan fingerprint density at radius 3 is 2.31 bits per heavy atom. The summed E-state index contributed by atoms with van der Waals surface area (Å²) in [5.74, 6) is -0.768. The van der Waals surface area contributed by atoms with Crippen molar-refractivity contribution in [3.8, 4) is 0 Å². The summed E-state index contributed by atoms with van der Waals surface area (Å²) < 4.78 is 0. The Labute approximate surface area is 91.6 Å². The van der Waals surface area contributed by atoms with Gasteiger partial charge in [-0.15, -0.1) is 0 Å². The van der Waals surface area contributed by atoms with E-state index < -0.39 is 5.97 Å². The minimum atomic E-state index is -0.768. The summed E-state index contributed by atoms with van der Waals surface area (Å²) >= 11 is 0. The van der Waals surface area contributed by atoms with Gasteiger partial charge in [0.2, 0.25) is 0 Å². The second-order valence-electron chi connectivity index (χ2n) is 2.69. The van der Waals surface area contributed by atoms with Gasteiger partial charge < -0.3 is 5.11 Å². The van der Waals surface area contributed by atoms with Crippen LogP contribution in [-0.4, -0.2) is 11.1 Å². The molecule has 0 saturated carbocycles. The fourth-order valence-corrected chi connectivity index (χ4v) is 1.24. The molecule has 0 spiro atoms. The third-order valence-corrected chi connectivity index (χ3v) is 1.84. The number of carboxylic acid groups (broad SMARTS) is 1. The van der Waals surface area contributed by atoms with Crippen molar-refractivity contribution in [1.82, 2.24) is 0 Å². The van der Waals surface area contributed by atoms with Gasteiger partial charge in [-0.1, -0.05) is 31.2 Å². The SMILES string of the molecule is CCc1ccccc1CC(=O)O.[Re]. The molecular weight excluding hydrogens is 338 g/mol. The summed E-state index contributed by atoms with van der Waals surface area (Å²) in [6.07, 6.45) is 1.02. The van der Waals surface area contributed by atoms with Crippen LogP contribution < -0.4 is 0 Å². The van der Waals surface area contributed by atoms with Gasteiger partial charge in [-0.05, 0) is 17.5 Å². The molecule has 0 amide bonds. The molecule has 0 fully saturated rings. The normalized spacial score (nSPS) is 9.00. The van der Waals surface area contributed by atoms with Crippen molar-refractivity contribution in [3.05, 3.63) is 35.4 Å². The number of hydrogen-bond donors (Lipinski definition) is 1. The van der Waals surface area contributed by atoms with Gasteiger partial charge in [-0.3, -0.25) is 4.79 Å². The molecule has 0 aliphatic heterocycles. The minimum Gasteiger partial charge on any atom is -0.481 e. The van der Waals surface area contributed by atoms with E-state index in [1.54, 1.807) is 0 Å². The summed E-state index contributed by atoms with van der Waals surface area (Å²) in [7, 11) is 0. The molecule has 2 nitrogen and oxygen atoms in total. The number of aliphatic carboxylic acids is 1. The summed E-state index contributed by atoms with van der Waals surface area (Å²) in [5, 5.41) is 8.59. The van der Waals surface area contributed by atoms with E-state index >= 15 is 0 Å². The second kappa shape index (κ2) is 5.91. The van der Waals surface area contributed by atoms with E-state index in [9.17, 15) is 4.79 Å². The molecular formula is C10H12O2Re. The van der Waals surface area contributed by atoms with Gasteiger partial charge in [0.25, 0.3) is 0 Å². The van der Waals surface area contributed by atoms with E-state index in [1.807, 2.05) is 31.2 Å². The monoisotopic (exact) mass is 351 g/mol. The fourth-order valence-electron chi connectivity index (χ4n) is 1.24. The average Bonchev–Trinajstić information content (AvgIpc) is 2.04. The van der Waals surface area contributed by atoms with Crippen molar-refractivity contribution in [2.75, 3.05) is 0 Å². The van der Waals surface area contributed by atoms with E-state index in [2.05, 4.69) is 0 Å². The Morgan fingerprint density at radius 2 is 1.85 bits per heavy atom. The zero-order chi connectivity index (χ0) is 8.97. The van der Waals surface area contributed by atoms with E-state index in [-0.39, 0.29) is 26.8 Å². The molecule has 0 bridgehead atoms. The Kier molecular flexibility index (Phi) is 5.61. The molecule has 0 saturated heterocycles. The summed E-state index contributed by atoms with van der Waals surface area (Å²) in [5.41, 5.74) is 2.05. The molecule has 0 unspecified atom stereocenters. The van der Waals surface area contributed by atoms with Crippen LogP contribution in [-0.2, 0) is 38.1 Å². The van der Waals surface area contributed by atoms with Gasteiger partial charge in [-0.2, -0.15) is 0 Å². The van der Waals surface area contributed by atoms with Crippen molar-refractivity contribution in [1.29, 1.82) is 0 Å². The number of hydrogen-bond acceptors (Lipinski definition) is 1. The molecule has 0 aliphatic carbocycles. The summed E-state index contributed by atoms with van der Waals surface area (Å²) in [4.78, 5) is 10.4. The quantitative estimate of drug-likeness (QED) is 0.904. The fraction of sp³-hybridized carbons (Fsp3) is 0.300. The standard InChI is InChI=1S/C10H12O2.Re/c1-2-8-5-3-4-6-9(8)7-10(11)12;/h3-6H,2,7H2,1H3,(H,11,12);. The van der Waals surface area contributed by atoms with Gasteiger partial charge >= 0.3 is 5.97 Å². The molecule has 1 aromatic carbocycles. The van der Waals surface area contributed by atoms with Crippen molar-refractivity contribution in [3.63, 3.8) is 0 Å². The van der Waals surface area contributed by atoms with Crippen LogP contribution in [0.3, 0.4) is 0 Å². The van der Waals surface area contributed by atoms with Crippen molar-refractivity contribution in [2.45, 2.75) is 19.8 Å². The first-order valence-electron chi connectivity index (χ1n) is 4.02. The van der Waals surface area contributed by atoms with Crippen LogP contribution in [0.2, 0.25) is 0 Å². The number of carbonyl (C=O) groups is 1. The number of aryl methyl sites for hydroxylation is 1. The van der Waals surface area contributed by atoms with Crippen molar-refractivity contribution >= 4 is 5.97 Å². The third-order valence-electron chi connectivity index (χ3n) is 1.84. The molecule has 3 heteroatoms. The van der Waals surface area contributed by atoms with Crippen LogP contribution in [0, 0.1) is 0 Å². The van der Waals surface area contributed by atoms with Crippen LogP contribution in [0.25, 0.3) is 0 Å². The molecule has 0 aromatic heterocycles. The number of benzene rings is 1. The topological polar surface area (TPSA) is 37.3 Å². The van der Waals surface area contributed by atoms with E-state index in [0.717, 1.165) is 17.5 Å². The van der Waals surface area contributed by atoms with E-state index in [0.29, 0.717) is 0 Å². The Balaban J connectivity index is 0.00000144. The van der Waals surface area contributed by atoms with Gasteiger partial charge in [0, 0.05) is 20.4 Å². The molecule has 1 aromatic rings. The maximum Gasteiger partial charge on any atom is 0.307 e. The van der Waals surface area contributed by atoms with Gasteiger partial charge in [-0.25, -0.2) is 0 Å². The van der Waals surface area contributed by atoms with Crippen LogP contribution in [0.15, 0.2) is 24.3 Å². The first-order valence-corrected chi connectivity index (χ1v) is 4.02. The smallest absolute Gasteiger partial charge is 0.307 e. The Hall–Kier alpha value is -0.648. The molecule has 1 radical (unpaired) electrons. The Morgan fingerprint density at radius 1 is 1.31 bits per heavy atom. The first-order chi connectivity index (χ1) is 5.74. The summed E-state index contributed by atoms with van der Waals surface area (Å²) in [6, 6.07) is 7.65. The van der Waals surface area contributed by atoms with E-state index in [1.165, 1.54) is 0 Å². The maximum absolute atomic E-state index is 10.4. The van der Waals surface area contributed by atoms with Gasteiger partial charge in [0.1, 0.15) is 0 Å². The number of rotatable bonds is 3. The first kappa shape index (κ1) is 12.4. The largest absolute Gasteiger partial charge is 0.481 e. The molecule has 1 N–H and O–H groups in total. The minimum absolute atomic E-state index is 0. The van der Waals surface area contributed by atoms with Crippen LogP contribution >= 0.6 is 0 Å². The molecule has 71 valence electrons. The van der Waals surface area contributed by atoms with Crippen LogP contribution in [0.1, 0.15) is 18.1 Å². The molecule has 0 aliphatic rings. The second-order valence-corrected chi connectivity index (χ2v) is 2.69. The number of carboxylic acids is 1. The van der Waals surface area contributed by atoms with Gasteiger partial charge in [0.15, 0.2) is 0 Å². The molecule has 0 heterocycles. The third kappa shape index (κ3) is 3.71. The zero-order valence-electron chi connectivity index (χ0n) is 7.46. The Bertz CT molecular complexity index is 284. The predicted molar refractivity (Wildman–Crippen MR) is 47.2 cm³/mol. The zero-order valence-corrected chi connectivity index (χ0v) is 10.2. The van der Waals surface area contributed by atoms with E-state index in [4.69, 9.17) is 5.11 Å². The van der Waals surface area contributed by atoms with Crippen LogP contribution in [0.5, 0.6) is 0 Å². The predicted octanol–water partition coefficient (Wildman–Crippen LogP) is 1.87. The maximum atomic E-state index is 10.4. The van der Waals surface area contributed by atoms with Crippen LogP contribution in [0.4, 0.5) is 0 Å². The van der Waals surface area contributed by atoms with Crippen molar-refractivity contribution < 1.29 is 30.3 Å². The summed E-state index contributed by atoms with van der Waals surface area (Å²) in [6.45, 7) is 2.03.